The summed E-state index contributed by atoms with van der Waals surface area (Å²) in [5, 5.41) is 21.0. The molecule has 1 radical (unpaired) electrons. The Morgan fingerprint density at radius 1 is 0.964 bits per heavy atom. The van der Waals surface area contributed by atoms with Gasteiger partial charge in [-0.2, -0.15) is 0 Å². The molecule has 0 atom stereocenters. The monoisotopic (exact) mass is 468 g/mol. The van der Waals surface area contributed by atoms with Gasteiger partial charge in [0.05, 0.1) is 17.4 Å². The van der Waals surface area contributed by atoms with Gasteiger partial charge in [0.15, 0.2) is 0 Å². The molecule has 1 saturated heterocycles. The fourth-order valence-electron chi connectivity index (χ4n) is 2.38. The standard InChI is InChI=1S/C15H25N5O2.ClHO4.Cu/c21-15(22)14-3-1-2-13(19-14)12-20-10-8-17-6-4-16-5-7-18-9-11-20;2-1(3,4)5;/h1-3,16-18H,4-12H2,(H,21,22);(H,2,3,4,5);/q;;+2/p-2. The maximum Gasteiger partial charge on any atom is 2.00 e. The summed E-state index contributed by atoms with van der Waals surface area (Å²) in [7, 11) is -4.94. The summed E-state index contributed by atoms with van der Waals surface area (Å²) in [4.78, 5) is 17.3. The summed E-state index contributed by atoms with van der Waals surface area (Å²) in [5.41, 5.74) is 0.754. The third-order valence-electron chi connectivity index (χ3n) is 3.57. The van der Waals surface area contributed by atoms with Crippen LogP contribution < -0.4 is 39.7 Å². The molecule has 1 aromatic heterocycles. The van der Waals surface area contributed by atoms with Gasteiger partial charge in [-0.3, -0.25) is 9.88 Å². The Morgan fingerprint density at radius 2 is 1.43 bits per heavy atom. The van der Waals surface area contributed by atoms with Crippen LogP contribution in [0.1, 0.15) is 16.2 Å². The second kappa shape index (κ2) is 15.0. The van der Waals surface area contributed by atoms with Gasteiger partial charge in [0.1, 0.15) is 0 Å². The van der Waals surface area contributed by atoms with Crippen molar-refractivity contribution in [3.63, 3.8) is 0 Å². The van der Waals surface area contributed by atoms with E-state index in [0.29, 0.717) is 6.54 Å². The Balaban J connectivity index is 0.00000108. The first-order valence-electron chi connectivity index (χ1n) is 8.39. The third kappa shape index (κ3) is 15.1. The fourth-order valence-corrected chi connectivity index (χ4v) is 2.38. The molecule has 2 rings (SSSR count). The summed E-state index contributed by atoms with van der Waals surface area (Å²) < 4.78 is 34.0. The van der Waals surface area contributed by atoms with Crippen molar-refractivity contribution in [3.05, 3.63) is 29.6 Å². The SMILES string of the molecule is O=C([O-])c1cccc(CN2CCNCCNCCNCC2)n1.[Cu+2].[O-][Cl+3]([O-])([O-])[O-]. The predicted molar refractivity (Wildman–Crippen MR) is 82.5 cm³/mol. The molecule has 28 heavy (non-hydrogen) atoms. The van der Waals surface area contributed by atoms with Crippen molar-refractivity contribution in [2.45, 2.75) is 6.54 Å². The van der Waals surface area contributed by atoms with Crippen LogP contribution in [0.3, 0.4) is 0 Å². The second-order valence-electron chi connectivity index (χ2n) is 5.71. The van der Waals surface area contributed by atoms with Crippen molar-refractivity contribution in [1.29, 1.82) is 0 Å². The van der Waals surface area contributed by atoms with Gasteiger partial charge in [-0.25, -0.2) is 18.6 Å². The molecule has 0 aliphatic carbocycles. The Kier molecular flexibility index (Phi) is 14.5. The van der Waals surface area contributed by atoms with Gasteiger partial charge in [0.25, 0.3) is 0 Å². The first-order valence-corrected chi connectivity index (χ1v) is 9.62. The van der Waals surface area contributed by atoms with Gasteiger partial charge >= 0.3 is 17.1 Å². The number of carbonyl (C=O) groups excluding carboxylic acids is 1. The van der Waals surface area contributed by atoms with Crippen molar-refractivity contribution in [2.75, 3.05) is 52.4 Å². The van der Waals surface area contributed by atoms with Crippen LogP contribution in [0.15, 0.2) is 18.2 Å². The van der Waals surface area contributed by atoms with Gasteiger partial charge in [-0.1, -0.05) is 6.07 Å². The minimum atomic E-state index is -4.94. The topological polar surface area (TPSA) is 185 Å². The van der Waals surface area contributed by atoms with E-state index in [9.17, 15) is 9.90 Å². The molecule has 1 aromatic rings. The number of rotatable bonds is 3. The number of nitrogens with one attached hydrogen (secondary N) is 3. The molecule has 0 aromatic carbocycles. The van der Waals surface area contributed by atoms with E-state index in [1.54, 1.807) is 6.07 Å². The van der Waals surface area contributed by atoms with Crippen LogP contribution >= 0.6 is 0 Å². The van der Waals surface area contributed by atoms with Gasteiger partial charge < -0.3 is 25.9 Å². The van der Waals surface area contributed by atoms with Crippen LogP contribution in [0.5, 0.6) is 0 Å². The number of nitrogens with zero attached hydrogens (tertiary/aromatic N) is 2. The molecule has 13 heteroatoms. The van der Waals surface area contributed by atoms with Gasteiger partial charge in [-0.05, 0) is 12.1 Å². The van der Waals surface area contributed by atoms with Crippen molar-refractivity contribution in [3.8, 4) is 0 Å². The molecular formula is C15H24ClCuN5O6. The number of halogens is 1. The van der Waals surface area contributed by atoms with E-state index in [2.05, 4.69) is 25.8 Å². The average molecular weight is 469 g/mol. The summed E-state index contributed by atoms with van der Waals surface area (Å²) in [6, 6.07) is 5.03. The zero-order valence-corrected chi connectivity index (χ0v) is 16.8. The number of aromatic nitrogens is 1. The summed E-state index contributed by atoms with van der Waals surface area (Å²) in [6.45, 7) is 8.09. The van der Waals surface area contributed by atoms with E-state index < -0.39 is 16.2 Å². The van der Waals surface area contributed by atoms with Crippen molar-refractivity contribution in [1.82, 2.24) is 25.8 Å². The van der Waals surface area contributed by atoms with Crippen molar-refractivity contribution >= 4 is 5.97 Å². The zero-order valence-electron chi connectivity index (χ0n) is 15.1. The van der Waals surface area contributed by atoms with E-state index in [-0.39, 0.29) is 22.8 Å². The molecule has 1 fully saturated rings. The molecule has 3 N–H and O–H groups in total. The smallest absolute Gasteiger partial charge is 0.543 e. The molecule has 0 saturated carbocycles. The molecule has 0 amide bonds. The third-order valence-corrected chi connectivity index (χ3v) is 3.57. The Morgan fingerprint density at radius 3 is 1.89 bits per heavy atom. The maximum atomic E-state index is 10.9. The summed E-state index contributed by atoms with van der Waals surface area (Å²) in [6.07, 6.45) is 0. The molecule has 0 unspecified atom stereocenters. The maximum absolute atomic E-state index is 10.9. The normalized spacial score (nSPS) is 17.1. The van der Waals surface area contributed by atoms with Gasteiger partial charge in [0, 0.05) is 58.9 Å². The number of hydrogen-bond acceptors (Lipinski definition) is 11. The number of pyridine rings is 1. The Hall–Kier alpha value is -0.891. The molecule has 2 heterocycles. The van der Waals surface area contributed by atoms with E-state index in [1.165, 1.54) is 6.07 Å². The first-order chi connectivity index (χ1) is 12.8. The fraction of sp³-hybridized carbons (Fsp3) is 0.600. The molecule has 0 spiro atoms. The van der Waals surface area contributed by atoms with E-state index in [1.807, 2.05) is 6.07 Å². The van der Waals surface area contributed by atoms with Crippen LogP contribution in [0.25, 0.3) is 0 Å². The van der Waals surface area contributed by atoms with Gasteiger partial charge in [-0.15, -0.1) is 10.2 Å². The quantitative estimate of drug-likeness (QED) is 0.358. The Bertz CT molecular complexity index is 548. The van der Waals surface area contributed by atoms with E-state index in [4.69, 9.17) is 18.6 Å². The minimum absolute atomic E-state index is 0. The molecule has 163 valence electrons. The van der Waals surface area contributed by atoms with Crippen LogP contribution in [0.4, 0.5) is 0 Å². The zero-order chi connectivity index (χ0) is 20.1. The van der Waals surface area contributed by atoms with E-state index >= 15 is 0 Å². The van der Waals surface area contributed by atoms with Crippen LogP contribution in [0.2, 0.25) is 0 Å². The molecule has 1 aliphatic rings. The van der Waals surface area contributed by atoms with E-state index in [0.717, 1.165) is 58.1 Å². The predicted octanol–water partition coefficient (Wildman–Crippen LogP) is -6.73. The first kappa shape index (κ1) is 27.1. The Labute approximate surface area is 176 Å². The largest absolute Gasteiger partial charge is 2.00 e. The number of carboxylic acids is 1. The second-order valence-corrected chi connectivity index (χ2v) is 6.46. The molecule has 0 bridgehead atoms. The average Bonchev–Trinajstić information content (AvgIpc) is 2.56. The number of carboxylic acid groups (broad SMARTS) is 1. The number of aromatic carboxylic acids is 1. The molecule has 11 nitrogen and oxygen atoms in total. The molecular weight excluding hydrogens is 445 g/mol. The summed E-state index contributed by atoms with van der Waals surface area (Å²) >= 11 is 0. The number of hydrogen-bond donors (Lipinski definition) is 3. The van der Waals surface area contributed by atoms with Crippen LogP contribution in [-0.2, 0) is 23.6 Å². The minimum Gasteiger partial charge on any atom is -0.543 e. The van der Waals surface area contributed by atoms with Crippen molar-refractivity contribution in [2.24, 2.45) is 0 Å². The van der Waals surface area contributed by atoms with Crippen molar-refractivity contribution < 1.29 is 55.8 Å². The summed E-state index contributed by atoms with van der Waals surface area (Å²) in [5.74, 6) is -1.23. The van der Waals surface area contributed by atoms with Crippen LogP contribution in [0, 0.1) is 10.2 Å². The van der Waals surface area contributed by atoms with Crippen LogP contribution in [-0.4, -0.2) is 68.2 Å². The molecule has 1 aliphatic heterocycles. The van der Waals surface area contributed by atoms with Gasteiger partial charge in [0.2, 0.25) is 0 Å². The number of carbonyl (C=O) groups is 1.